The molecule has 1 aliphatic heterocycles. The number of carbonyl (C=O) groups excluding carboxylic acids is 5. The molecule has 2 aromatic rings. The topological polar surface area (TPSA) is 238 Å². The van der Waals surface area contributed by atoms with Gasteiger partial charge in [-0.05, 0) is 19.4 Å². The van der Waals surface area contributed by atoms with Crippen molar-refractivity contribution in [1.82, 2.24) is 0 Å². The summed E-state index contributed by atoms with van der Waals surface area (Å²) in [4.78, 5) is 66.4. The van der Waals surface area contributed by atoms with Crippen molar-refractivity contribution >= 4 is 29.3 Å². The number of esters is 2. The third kappa shape index (κ3) is 11.8. The lowest BCUT2D eigenvalue weighted by Crippen LogP contribution is -2.53. The van der Waals surface area contributed by atoms with E-state index in [1.54, 1.807) is 6.92 Å². The Kier molecular flexibility index (Phi) is 17.9. The third-order valence-electron chi connectivity index (χ3n) is 12.4. The summed E-state index contributed by atoms with van der Waals surface area (Å²) < 4.78 is 27.5. The Labute approximate surface area is 363 Å². The molecule has 6 atom stereocenters. The molecule has 1 fully saturated rings. The fourth-order valence-electron chi connectivity index (χ4n) is 8.78. The highest BCUT2D eigenvalue weighted by Crippen LogP contribution is 2.52. The van der Waals surface area contributed by atoms with Crippen molar-refractivity contribution in [2.24, 2.45) is 5.73 Å². The van der Waals surface area contributed by atoms with Crippen LogP contribution in [0.15, 0.2) is 18.2 Å². The smallest absolute Gasteiger partial charge is 0.344 e. The highest BCUT2D eigenvalue weighted by molar-refractivity contribution is 6.31. The number of Topliss-reactive ketones (excluding diaryl/α,β-unsaturated/α-hetero) is 1. The van der Waals surface area contributed by atoms with E-state index in [9.17, 15) is 44.4 Å². The molecule has 342 valence electrons. The summed E-state index contributed by atoms with van der Waals surface area (Å²) in [7, 11) is 1.31. The standard InChI is InChI=1S/C47H65NO14/c1-4-5-6-7-8-9-10-11-12-13-14-15-16-17-18-22-35(50)60-27-36(51)59-26-34(49)47(57)24-30-39(33(25-47)62-37-23-31(48)42(52)28(2)61-37)46(56)41-40(44(30)54)43(53)29-20-19-21-32(58-3)38(29)45(41)55/h19-21,28,31,33,37,42,52,54,56-57H,4-18,22-27,48H2,1-3H3/t28-,31-,33+,37+,42+,47-/m0/s1. The van der Waals surface area contributed by atoms with Gasteiger partial charge >= 0.3 is 11.9 Å². The molecule has 15 heteroatoms. The Morgan fingerprint density at radius 1 is 0.806 bits per heavy atom. The second kappa shape index (κ2) is 22.8. The highest BCUT2D eigenvalue weighted by Gasteiger charge is 2.50. The lowest BCUT2D eigenvalue weighted by molar-refractivity contribution is -0.247. The zero-order chi connectivity index (χ0) is 45.0. The monoisotopic (exact) mass is 867 g/mol. The summed E-state index contributed by atoms with van der Waals surface area (Å²) in [6.45, 7) is 2.10. The Bertz CT molecular complexity index is 1900. The van der Waals surface area contributed by atoms with Crippen LogP contribution in [0.5, 0.6) is 17.2 Å². The lowest BCUT2D eigenvalue weighted by Gasteiger charge is -2.42. The van der Waals surface area contributed by atoms with Crippen molar-refractivity contribution in [3.05, 3.63) is 51.6 Å². The fourth-order valence-corrected chi connectivity index (χ4v) is 8.78. The SMILES string of the molecule is CCCCCCCCCCCCCCCCCC(=O)OCC(=O)OCC(=O)[C@]1(O)Cc2c(O)c3c(c(O)c2[C@H](O[C@@H]2C[C@H](N)[C@H](O)[C@H](C)O2)C1)C(=O)c1c(OC)cccc1C3=O. The first-order valence-corrected chi connectivity index (χ1v) is 22.4. The van der Waals surface area contributed by atoms with E-state index in [4.69, 9.17) is 29.4 Å². The predicted octanol–water partition coefficient (Wildman–Crippen LogP) is 6.36. The first-order chi connectivity index (χ1) is 29.7. The van der Waals surface area contributed by atoms with Crippen LogP contribution in [0.1, 0.15) is 178 Å². The lowest BCUT2D eigenvalue weighted by atomic mass is 9.72. The molecule has 2 aliphatic carbocycles. The molecule has 0 unspecified atom stereocenters. The molecule has 6 N–H and O–H groups in total. The summed E-state index contributed by atoms with van der Waals surface area (Å²) in [5.74, 6) is -5.66. The number of rotatable bonds is 24. The van der Waals surface area contributed by atoms with Crippen molar-refractivity contribution in [3.8, 4) is 17.2 Å². The molecule has 0 spiro atoms. The van der Waals surface area contributed by atoms with Crippen LogP contribution in [-0.4, -0.2) is 100 Å². The number of hydrogen-bond acceptors (Lipinski definition) is 15. The average molecular weight is 868 g/mol. The summed E-state index contributed by atoms with van der Waals surface area (Å²) >= 11 is 0. The molecule has 3 aliphatic rings. The second-order valence-electron chi connectivity index (χ2n) is 17.0. The Morgan fingerprint density at radius 2 is 1.39 bits per heavy atom. The van der Waals surface area contributed by atoms with Gasteiger partial charge in [0, 0.05) is 48.4 Å². The van der Waals surface area contributed by atoms with Crippen LogP contribution >= 0.6 is 0 Å². The Morgan fingerprint density at radius 3 is 1.98 bits per heavy atom. The summed E-state index contributed by atoms with van der Waals surface area (Å²) in [6.07, 6.45) is 12.2. The number of unbranched alkanes of at least 4 members (excludes halogenated alkanes) is 14. The van der Waals surface area contributed by atoms with E-state index in [0.29, 0.717) is 6.42 Å². The van der Waals surface area contributed by atoms with Crippen molar-refractivity contribution in [2.75, 3.05) is 20.3 Å². The third-order valence-corrected chi connectivity index (χ3v) is 12.4. The van der Waals surface area contributed by atoms with E-state index in [2.05, 4.69) is 6.92 Å². The zero-order valence-electron chi connectivity index (χ0n) is 36.4. The molecule has 0 radical (unpaired) electrons. The molecular formula is C47H65NO14. The van der Waals surface area contributed by atoms with Gasteiger partial charge in [0.25, 0.3) is 0 Å². The molecule has 1 saturated heterocycles. The maximum atomic E-state index is 14.0. The van der Waals surface area contributed by atoms with Crippen LogP contribution in [0.25, 0.3) is 0 Å². The second-order valence-corrected chi connectivity index (χ2v) is 17.0. The van der Waals surface area contributed by atoms with Gasteiger partial charge in [-0.2, -0.15) is 0 Å². The van der Waals surface area contributed by atoms with Crippen LogP contribution in [0.4, 0.5) is 0 Å². The molecule has 0 aromatic heterocycles. The first-order valence-electron chi connectivity index (χ1n) is 22.4. The van der Waals surface area contributed by atoms with Crippen LogP contribution in [0.2, 0.25) is 0 Å². The fraction of sp³-hybridized carbons (Fsp3) is 0.638. The molecule has 5 rings (SSSR count). The quantitative estimate of drug-likeness (QED) is 0.0374. The minimum Gasteiger partial charge on any atom is -0.507 e. The Hall–Kier alpha value is -4.41. The van der Waals surface area contributed by atoms with Crippen molar-refractivity contribution in [2.45, 2.75) is 172 Å². The van der Waals surface area contributed by atoms with Gasteiger partial charge < -0.3 is 49.8 Å². The van der Waals surface area contributed by atoms with Crippen LogP contribution in [-0.2, 0) is 39.8 Å². The Balaban J connectivity index is 1.16. The van der Waals surface area contributed by atoms with Gasteiger partial charge in [-0.3, -0.25) is 19.2 Å². The summed E-state index contributed by atoms with van der Waals surface area (Å²) in [5.41, 5.74) is 2.02. The molecule has 15 nitrogen and oxygen atoms in total. The van der Waals surface area contributed by atoms with Crippen molar-refractivity contribution < 1.29 is 68.1 Å². The molecule has 0 saturated carbocycles. The van der Waals surface area contributed by atoms with Crippen molar-refractivity contribution in [3.63, 3.8) is 0 Å². The van der Waals surface area contributed by atoms with E-state index < -0.39 is 114 Å². The zero-order valence-corrected chi connectivity index (χ0v) is 36.4. The number of phenols is 2. The van der Waals surface area contributed by atoms with E-state index in [1.807, 2.05) is 0 Å². The van der Waals surface area contributed by atoms with Gasteiger partial charge in [-0.1, -0.05) is 109 Å². The molecule has 0 amide bonds. The minimum absolute atomic E-state index is 0.0425. The van der Waals surface area contributed by atoms with Crippen LogP contribution in [0, 0.1) is 0 Å². The number of aromatic hydroxyl groups is 2. The number of aliphatic hydroxyl groups excluding tert-OH is 1. The average Bonchev–Trinajstić information content (AvgIpc) is 3.25. The number of phenolic OH excluding ortho intramolecular Hbond substituents is 2. The minimum atomic E-state index is -2.41. The van der Waals surface area contributed by atoms with E-state index in [0.717, 1.165) is 19.3 Å². The van der Waals surface area contributed by atoms with Crippen LogP contribution < -0.4 is 10.5 Å². The number of carbonyl (C=O) groups is 5. The number of aliphatic hydroxyl groups is 2. The van der Waals surface area contributed by atoms with E-state index in [-0.39, 0.29) is 40.8 Å². The van der Waals surface area contributed by atoms with Crippen molar-refractivity contribution in [1.29, 1.82) is 0 Å². The highest BCUT2D eigenvalue weighted by atomic mass is 16.7. The van der Waals surface area contributed by atoms with E-state index >= 15 is 0 Å². The molecule has 1 heterocycles. The first kappa shape index (κ1) is 48.6. The number of ketones is 3. The largest absolute Gasteiger partial charge is 0.507 e. The van der Waals surface area contributed by atoms with Gasteiger partial charge in [0.05, 0.1) is 42.1 Å². The van der Waals surface area contributed by atoms with Crippen LogP contribution in [0.3, 0.4) is 0 Å². The van der Waals surface area contributed by atoms with Gasteiger partial charge in [0.1, 0.15) is 22.8 Å². The van der Waals surface area contributed by atoms with Gasteiger partial charge in [-0.25, -0.2) is 4.79 Å². The normalized spacial score (nSPS) is 23.0. The number of nitrogens with two attached hydrogens (primary N) is 1. The molecule has 2 aromatic carbocycles. The maximum absolute atomic E-state index is 14.0. The number of ether oxygens (including phenoxy) is 5. The number of fused-ring (bicyclic) bond motifs is 3. The maximum Gasteiger partial charge on any atom is 0.344 e. The number of methoxy groups -OCH3 is 1. The van der Waals surface area contributed by atoms with E-state index in [1.165, 1.54) is 95.9 Å². The predicted molar refractivity (Wildman–Crippen MR) is 226 cm³/mol. The van der Waals surface area contributed by atoms with Gasteiger partial charge in [0.15, 0.2) is 25.3 Å². The summed E-state index contributed by atoms with van der Waals surface area (Å²) in [6, 6.07) is 3.54. The number of benzene rings is 2. The summed E-state index contributed by atoms with van der Waals surface area (Å²) in [5, 5.41) is 45.8. The van der Waals surface area contributed by atoms with Gasteiger partial charge in [0.2, 0.25) is 11.6 Å². The number of hydrogen-bond donors (Lipinski definition) is 5. The molecular weight excluding hydrogens is 803 g/mol. The molecule has 62 heavy (non-hydrogen) atoms. The van der Waals surface area contributed by atoms with Gasteiger partial charge in [-0.15, -0.1) is 0 Å². The molecule has 0 bridgehead atoms.